The van der Waals surface area contributed by atoms with Gasteiger partial charge in [0.1, 0.15) is 0 Å². The van der Waals surface area contributed by atoms with Crippen LogP contribution in [0.15, 0.2) is 30.3 Å². The molecule has 1 aromatic carbocycles. The zero-order valence-electron chi connectivity index (χ0n) is 19.0. The molecule has 0 aliphatic heterocycles. The van der Waals surface area contributed by atoms with E-state index in [2.05, 4.69) is 0 Å². The van der Waals surface area contributed by atoms with Crippen LogP contribution in [-0.2, 0) is 11.3 Å². The van der Waals surface area contributed by atoms with Gasteiger partial charge < -0.3 is 14.6 Å². The monoisotopic (exact) mass is 437 g/mol. The number of aliphatic hydroxyl groups excluding tert-OH is 1. The lowest BCUT2D eigenvalue weighted by Crippen LogP contribution is -2.16. The van der Waals surface area contributed by atoms with E-state index in [1.54, 1.807) is 13.0 Å². The van der Waals surface area contributed by atoms with Gasteiger partial charge in [0.15, 0.2) is 11.3 Å². The van der Waals surface area contributed by atoms with Crippen molar-refractivity contribution >= 4 is 17.0 Å². The molecule has 170 valence electrons. The molecule has 7 nitrogen and oxygen atoms in total. The number of aliphatic hydroxyl groups is 1. The number of hydrogen-bond acceptors (Lipinski definition) is 6. The fourth-order valence-corrected chi connectivity index (χ4v) is 4.32. The molecule has 0 unspecified atom stereocenters. The Morgan fingerprint density at radius 1 is 1.19 bits per heavy atom. The van der Waals surface area contributed by atoms with Crippen LogP contribution in [0.1, 0.15) is 75.0 Å². The minimum Gasteiger partial charge on any atom is -0.473 e. The quantitative estimate of drug-likeness (QED) is 0.520. The molecule has 7 heteroatoms. The highest BCUT2D eigenvalue weighted by Gasteiger charge is 2.27. The van der Waals surface area contributed by atoms with Crippen LogP contribution in [0.2, 0.25) is 0 Å². The number of benzene rings is 1. The number of aromatic nitrogens is 3. The molecule has 1 aliphatic carbocycles. The van der Waals surface area contributed by atoms with Gasteiger partial charge in [-0.2, -0.15) is 0 Å². The Labute approximate surface area is 188 Å². The Morgan fingerprint density at radius 2 is 1.91 bits per heavy atom. The second kappa shape index (κ2) is 9.69. The summed E-state index contributed by atoms with van der Waals surface area (Å²) in [5.74, 6) is 0.0788. The second-order valence-electron chi connectivity index (χ2n) is 8.54. The Bertz CT molecular complexity index is 1080. The zero-order chi connectivity index (χ0) is 22.7. The third-order valence-corrected chi connectivity index (χ3v) is 5.83. The lowest BCUT2D eigenvalue weighted by atomic mass is 9.95. The van der Waals surface area contributed by atoms with Crippen LogP contribution in [0.4, 0.5) is 0 Å². The van der Waals surface area contributed by atoms with E-state index >= 15 is 0 Å². The van der Waals surface area contributed by atoms with E-state index < -0.39 is 5.97 Å². The number of nitrogens with zero attached hydrogens (tertiary/aromatic N) is 3. The summed E-state index contributed by atoms with van der Waals surface area (Å²) in [6.07, 6.45) is 5.55. The summed E-state index contributed by atoms with van der Waals surface area (Å²) in [6.45, 7) is 5.99. The maximum atomic E-state index is 12.7. The SMILES string of the molecule is CCOC(=O)c1cc(-c2ccc(CO)cc2)c2c(OC(C)C)nn(C3CCCCC3)c2n1. The number of carbonyl (C=O) groups is 1. The third-order valence-electron chi connectivity index (χ3n) is 5.83. The number of ether oxygens (including phenoxy) is 2. The first-order valence-corrected chi connectivity index (χ1v) is 11.5. The molecule has 0 radical (unpaired) electrons. The smallest absolute Gasteiger partial charge is 0.357 e. The summed E-state index contributed by atoms with van der Waals surface area (Å²) in [7, 11) is 0. The van der Waals surface area contributed by atoms with Gasteiger partial charge >= 0.3 is 5.97 Å². The highest BCUT2D eigenvalue weighted by atomic mass is 16.5. The van der Waals surface area contributed by atoms with E-state index in [0.29, 0.717) is 11.5 Å². The molecule has 0 saturated heterocycles. The van der Waals surface area contributed by atoms with Crippen LogP contribution in [0.25, 0.3) is 22.2 Å². The van der Waals surface area contributed by atoms with Gasteiger partial charge in [-0.3, -0.25) is 0 Å². The predicted molar refractivity (Wildman–Crippen MR) is 123 cm³/mol. The van der Waals surface area contributed by atoms with Crippen molar-refractivity contribution in [2.45, 2.75) is 71.6 Å². The number of esters is 1. The van der Waals surface area contributed by atoms with Crippen molar-refractivity contribution in [1.29, 1.82) is 0 Å². The molecule has 1 aliphatic rings. The Kier molecular flexibility index (Phi) is 6.74. The van der Waals surface area contributed by atoms with Gasteiger partial charge in [0.05, 0.1) is 30.7 Å². The molecular weight excluding hydrogens is 406 g/mol. The highest BCUT2D eigenvalue weighted by Crippen LogP contribution is 2.39. The number of fused-ring (bicyclic) bond motifs is 1. The lowest BCUT2D eigenvalue weighted by Gasteiger charge is -2.22. The maximum Gasteiger partial charge on any atom is 0.357 e. The molecule has 0 atom stereocenters. The van der Waals surface area contributed by atoms with Crippen LogP contribution < -0.4 is 4.74 Å². The maximum absolute atomic E-state index is 12.7. The fraction of sp³-hybridized carbons (Fsp3) is 0.480. The first-order chi connectivity index (χ1) is 15.5. The van der Waals surface area contributed by atoms with Gasteiger partial charge in [0, 0.05) is 5.56 Å². The van der Waals surface area contributed by atoms with E-state index in [4.69, 9.17) is 19.6 Å². The van der Waals surface area contributed by atoms with Crippen LogP contribution in [0, 0.1) is 0 Å². The minimum atomic E-state index is -0.453. The third kappa shape index (κ3) is 4.48. The summed E-state index contributed by atoms with van der Waals surface area (Å²) < 4.78 is 13.4. The fourth-order valence-electron chi connectivity index (χ4n) is 4.32. The molecular formula is C25H31N3O4. The molecule has 3 aromatic rings. The average Bonchev–Trinajstić information content (AvgIpc) is 3.17. The molecule has 4 rings (SSSR count). The van der Waals surface area contributed by atoms with Crippen molar-refractivity contribution < 1.29 is 19.4 Å². The lowest BCUT2D eigenvalue weighted by molar-refractivity contribution is 0.0520. The van der Waals surface area contributed by atoms with Crippen LogP contribution in [-0.4, -0.2) is 38.6 Å². The predicted octanol–water partition coefficient (Wildman–Crippen LogP) is 5.06. The number of pyridine rings is 1. The Balaban J connectivity index is 1.97. The van der Waals surface area contributed by atoms with Gasteiger partial charge in [0.25, 0.3) is 0 Å². The van der Waals surface area contributed by atoms with Crippen LogP contribution in [0.5, 0.6) is 5.88 Å². The molecule has 0 bridgehead atoms. The van der Waals surface area contributed by atoms with Gasteiger partial charge in [-0.25, -0.2) is 14.5 Å². The molecule has 32 heavy (non-hydrogen) atoms. The molecule has 1 saturated carbocycles. The summed E-state index contributed by atoms with van der Waals surface area (Å²) in [4.78, 5) is 17.4. The summed E-state index contributed by atoms with van der Waals surface area (Å²) >= 11 is 0. The van der Waals surface area contributed by atoms with Crippen molar-refractivity contribution in [1.82, 2.24) is 14.8 Å². The summed E-state index contributed by atoms with van der Waals surface area (Å²) in [5, 5.41) is 15.1. The van der Waals surface area contributed by atoms with Crippen molar-refractivity contribution in [3.05, 3.63) is 41.6 Å². The van der Waals surface area contributed by atoms with E-state index in [1.165, 1.54) is 6.42 Å². The van der Waals surface area contributed by atoms with Crippen molar-refractivity contribution in [3.63, 3.8) is 0 Å². The van der Waals surface area contributed by atoms with Crippen LogP contribution >= 0.6 is 0 Å². The Morgan fingerprint density at radius 3 is 2.53 bits per heavy atom. The zero-order valence-corrected chi connectivity index (χ0v) is 19.0. The molecule has 1 fully saturated rings. The average molecular weight is 438 g/mol. The normalized spacial score (nSPS) is 14.8. The molecule has 2 aromatic heterocycles. The van der Waals surface area contributed by atoms with E-state index in [1.807, 2.05) is 42.8 Å². The molecule has 0 spiro atoms. The van der Waals surface area contributed by atoms with Crippen molar-refractivity contribution in [3.8, 4) is 17.0 Å². The largest absolute Gasteiger partial charge is 0.473 e. The van der Waals surface area contributed by atoms with E-state index in [9.17, 15) is 9.90 Å². The number of rotatable bonds is 7. The van der Waals surface area contributed by atoms with Gasteiger partial charge in [-0.15, -0.1) is 5.10 Å². The second-order valence-corrected chi connectivity index (χ2v) is 8.54. The molecule has 1 N–H and O–H groups in total. The van der Waals surface area contributed by atoms with Gasteiger partial charge in [-0.05, 0) is 50.8 Å². The van der Waals surface area contributed by atoms with Crippen molar-refractivity contribution in [2.24, 2.45) is 0 Å². The number of hydrogen-bond donors (Lipinski definition) is 1. The number of carbonyl (C=O) groups excluding carboxylic acids is 1. The van der Waals surface area contributed by atoms with Crippen molar-refractivity contribution in [2.75, 3.05) is 6.61 Å². The Hall–Kier alpha value is -2.93. The van der Waals surface area contributed by atoms with E-state index in [0.717, 1.165) is 47.8 Å². The highest BCUT2D eigenvalue weighted by molar-refractivity contribution is 6.01. The van der Waals surface area contributed by atoms with Gasteiger partial charge in [0.2, 0.25) is 5.88 Å². The van der Waals surface area contributed by atoms with E-state index in [-0.39, 0.29) is 31.1 Å². The molecule has 0 amide bonds. The first kappa shape index (κ1) is 22.3. The first-order valence-electron chi connectivity index (χ1n) is 11.5. The topological polar surface area (TPSA) is 86.5 Å². The summed E-state index contributed by atoms with van der Waals surface area (Å²) in [5.41, 5.74) is 3.45. The summed E-state index contributed by atoms with van der Waals surface area (Å²) in [6, 6.07) is 9.61. The van der Waals surface area contributed by atoms with Crippen LogP contribution in [0.3, 0.4) is 0 Å². The molecule has 2 heterocycles. The minimum absolute atomic E-state index is 0.0264. The standard InChI is InChI=1S/C25H31N3O4/c1-4-31-25(30)21-14-20(18-12-10-17(15-29)11-13-18)22-23(26-21)28(19-8-6-5-7-9-19)27-24(22)32-16(2)3/h10-14,16,19,29H,4-9,15H2,1-3H3. The van der Waals surface area contributed by atoms with Gasteiger partial charge in [-0.1, -0.05) is 43.5 Å².